The van der Waals surface area contributed by atoms with Gasteiger partial charge in [0.15, 0.2) is 11.8 Å². The summed E-state index contributed by atoms with van der Waals surface area (Å²) in [4.78, 5) is 20.3. The van der Waals surface area contributed by atoms with Crippen molar-refractivity contribution in [2.45, 2.75) is 104 Å². The van der Waals surface area contributed by atoms with Gasteiger partial charge in [0.05, 0.1) is 21.8 Å². The summed E-state index contributed by atoms with van der Waals surface area (Å²) < 4.78 is 36.8. The maximum Gasteiger partial charge on any atom is 0.337 e. The number of benzene rings is 2. The first-order chi connectivity index (χ1) is 23.6. The van der Waals surface area contributed by atoms with Crippen molar-refractivity contribution in [1.29, 1.82) is 0 Å². The maximum absolute atomic E-state index is 15.1. The standard InChI is InChI=1S/C39H46BrClFN3O5/c1-22-19-29-27(21-28(22)42)25-12-10-13-26(20-25)32-34(41)45-35(43-32)31(40)24(3)30(33(37(46)47)50-38(4,5)6)36(45)44-16-14-39(7,15-17-44)48-18-9-8-11-23(2)49-29/h10,12-13,19-21,23,33H,8-9,11,14-18H2,1-7H3,(H,46,47)/t23-,33-/m0/s1. The molecule has 1 saturated heterocycles. The van der Waals surface area contributed by atoms with Crippen molar-refractivity contribution in [3.8, 4) is 28.1 Å². The lowest BCUT2D eigenvalue weighted by Gasteiger charge is -2.42. The topological polar surface area (TPSA) is 85.5 Å². The summed E-state index contributed by atoms with van der Waals surface area (Å²) in [6, 6.07) is 11.0. The van der Waals surface area contributed by atoms with Gasteiger partial charge in [-0.3, -0.25) is 4.40 Å². The van der Waals surface area contributed by atoms with Crippen LogP contribution < -0.4 is 9.64 Å². The Morgan fingerprint density at radius 1 is 1.16 bits per heavy atom. The Kier molecular flexibility index (Phi) is 10.3. The van der Waals surface area contributed by atoms with Gasteiger partial charge in [-0.05, 0) is 131 Å². The molecule has 11 heteroatoms. The van der Waals surface area contributed by atoms with Crippen LogP contribution in [0.25, 0.3) is 28.0 Å². The smallest absolute Gasteiger partial charge is 0.337 e. The van der Waals surface area contributed by atoms with Gasteiger partial charge >= 0.3 is 5.97 Å². The Bertz CT molecular complexity index is 1930. The number of imidazole rings is 1. The SMILES string of the molecule is Cc1cc2c(cc1F)-c1cccc(c1)-c1nc3c(Br)c(C)c([C@H](OC(C)(C)C)C(=O)O)c(n3c1Cl)N1CCC(C)(CC1)OCCCC[C@H](C)O2. The summed E-state index contributed by atoms with van der Waals surface area (Å²) >= 11 is 11.1. The second kappa shape index (κ2) is 14.1. The lowest BCUT2D eigenvalue weighted by atomic mass is 9.92. The first-order valence-electron chi connectivity index (χ1n) is 17.3. The number of fused-ring (bicyclic) bond motifs is 8. The number of carboxylic acid groups (broad SMARTS) is 1. The molecular formula is C39H46BrClFN3O5. The molecule has 0 spiro atoms. The summed E-state index contributed by atoms with van der Waals surface area (Å²) in [6.07, 6.45) is 2.78. The van der Waals surface area contributed by atoms with E-state index < -0.39 is 17.7 Å². The van der Waals surface area contributed by atoms with Gasteiger partial charge in [0.25, 0.3) is 0 Å². The van der Waals surface area contributed by atoms with Gasteiger partial charge < -0.3 is 24.2 Å². The molecule has 7 rings (SSSR count). The molecule has 268 valence electrons. The van der Waals surface area contributed by atoms with Gasteiger partial charge in [0.2, 0.25) is 0 Å². The van der Waals surface area contributed by atoms with Crippen LogP contribution in [0.15, 0.2) is 40.9 Å². The zero-order valence-corrected chi connectivity index (χ0v) is 32.2. The highest BCUT2D eigenvalue weighted by Gasteiger charge is 2.39. The third-order valence-corrected chi connectivity index (χ3v) is 11.1. The Morgan fingerprint density at radius 2 is 1.86 bits per heavy atom. The van der Waals surface area contributed by atoms with E-state index in [1.807, 2.05) is 63.3 Å². The minimum atomic E-state index is -1.27. The van der Waals surface area contributed by atoms with E-state index >= 15 is 4.39 Å². The van der Waals surface area contributed by atoms with Crippen molar-refractivity contribution < 1.29 is 28.5 Å². The summed E-state index contributed by atoms with van der Waals surface area (Å²) in [6.45, 7) is 15.2. The van der Waals surface area contributed by atoms with Crippen molar-refractivity contribution in [2.75, 3.05) is 24.6 Å². The molecule has 0 amide bonds. The quantitative estimate of drug-likeness (QED) is 0.222. The predicted molar refractivity (Wildman–Crippen MR) is 199 cm³/mol. The molecule has 0 radical (unpaired) electrons. The molecule has 2 aromatic heterocycles. The highest BCUT2D eigenvalue weighted by atomic mass is 79.9. The van der Waals surface area contributed by atoms with Crippen LogP contribution in [0.5, 0.6) is 5.75 Å². The number of rotatable bonds is 3. The molecule has 4 aromatic rings. The molecule has 0 unspecified atom stereocenters. The van der Waals surface area contributed by atoms with Crippen molar-refractivity contribution in [1.82, 2.24) is 9.38 Å². The molecule has 1 N–H and O–H groups in total. The zero-order chi connectivity index (χ0) is 36.1. The largest absolute Gasteiger partial charge is 0.490 e. The van der Waals surface area contributed by atoms with Crippen LogP contribution in [-0.4, -0.2) is 57.5 Å². The number of carbonyl (C=O) groups is 1. The summed E-state index contributed by atoms with van der Waals surface area (Å²) in [5.74, 6) is -0.160. The van der Waals surface area contributed by atoms with E-state index in [1.165, 1.54) is 6.07 Å². The van der Waals surface area contributed by atoms with Gasteiger partial charge in [-0.2, -0.15) is 0 Å². The number of hydrogen-bond donors (Lipinski definition) is 1. The Labute approximate surface area is 307 Å². The van der Waals surface area contributed by atoms with Crippen LogP contribution in [0.3, 0.4) is 0 Å². The van der Waals surface area contributed by atoms with E-state index in [1.54, 1.807) is 13.0 Å². The molecule has 0 aliphatic carbocycles. The van der Waals surface area contributed by atoms with Crippen LogP contribution in [0, 0.1) is 19.7 Å². The summed E-state index contributed by atoms with van der Waals surface area (Å²) in [5.41, 5.74) is 3.85. The number of nitrogens with zero attached hydrogens (tertiary/aromatic N) is 3. The van der Waals surface area contributed by atoms with Crippen molar-refractivity contribution >= 4 is 45.0 Å². The van der Waals surface area contributed by atoms with Crippen LogP contribution in [-0.2, 0) is 14.3 Å². The number of aromatic nitrogens is 2. The number of hydrogen-bond acceptors (Lipinski definition) is 6. The second-order valence-electron chi connectivity index (χ2n) is 14.9. The molecule has 5 heterocycles. The molecular weight excluding hydrogens is 725 g/mol. The molecule has 1 fully saturated rings. The fraction of sp³-hybridized carbons (Fsp3) is 0.487. The van der Waals surface area contributed by atoms with E-state index in [2.05, 4.69) is 27.8 Å². The third kappa shape index (κ3) is 7.27. The summed E-state index contributed by atoms with van der Waals surface area (Å²) in [5, 5.41) is 10.9. The van der Waals surface area contributed by atoms with Crippen LogP contribution >= 0.6 is 27.5 Å². The Morgan fingerprint density at radius 3 is 2.54 bits per heavy atom. The molecule has 6 bridgehead atoms. The predicted octanol–water partition coefficient (Wildman–Crippen LogP) is 10.1. The Hall–Kier alpha value is -3.18. The van der Waals surface area contributed by atoms with Crippen LogP contribution in [0.2, 0.25) is 5.15 Å². The number of aliphatic carboxylic acids is 1. The molecule has 50 heavy (non-hydrogen) atoms. The van der Waals surface area contributed by atoms with E-state index in [-0.39, 0.29) is 17.5 Å². The molecule has 8 nitrogen and oxygen atoms in total. The van der Waals surface area contributed by atoms with E-state index in [4.69, 9.17) is 30.8 Å². The number of anilines is 1. The molecule has 3 aliphatic heterocycles. The van der Waals surface area contributed by atoms with E-state index in [9.17, 15) is 9.90 Å². The zero-order valence-electron chi connectivity index (χ0n) is 29.8. The Balaban J connectivity index is 1.61. The first kappa shape index (κ1) is 36.6. The average Bonchev–Trinajstić information content (AvgIpc) is 3.39. The van der Waals surface area contributed by atoms with E-state index in [0.717, 1.165) is 43.2 Å². The number of pyridine rings is 1. The number of carboxylic acids is 1. The van der Waals surface area contributed by atoms with Crippen LogP contribution in [0.4, 0.5) is 10.2 Å². The number of piperidine rings is 1. The number of halogens is 3. The minimum Gasteiger partial charge on any atom is -0.490 e. The summed E-state index contributed by atoms with van der Waals surface area (Å²) in [7, 11) is 0. The van der Waals surface area contributed by atoms with E-state index in [0.29, 0.717) is 74.5 Å². The molecule has 0 saturated carbocycles. The van der Waals surface area contributed by atoms with Gasteiger partial charge in [-0.25, -0.2) is 14.2 Å². The molecule has 2 atom stereocenters. The fourth-order valence-corrected chi connectivity index (χ4v) is 7.78. The third-order valence-electron chi connectivity index (χ3n) is 9.77. The number of ether oxygens (including phenoxy) is 3. The molecule has 2 aromatic carbocycles. The van der Waals surface area contributed by atoms with Gasteiger partial charge in [0.1, 0.15) is 28.2 Å². The van der Waals surface area contributed by atoms with Gasteiger partial charge in [0, 0.05) is 36.4 Å². The normalized spacial score (nSPS) is 20.8. The fourth-order valence-electron chi connectivity index (χ4n) is 6.99. The highest BCUT2D eigenvalue weighted by molar-refractivity contribution is 9.10. The lowest BCUT2D eigenvalue weighted by molar-refractivity contribution is -0.160. The van der Waals surface area contributed by atoms with Crippen molar-refractivity contribution in [3.63, 3.8) is 0 Å². The van der Waals surface area contributed by atoms with Crippen molar-refractivity contribution in [3.05, 3.63) is 68.5 Å². The van der Waals surface area contributed by atoms with Gasteiger partial charge in [-0.1, -0.05) is 29.8 Å². The monoisotopic (exact) mass is 769 g/mol. The maximum atomic E-state index is 15.1. The average molecular weight is 771 g/mol. The minimum absolute atomic E-state index is 0.0794. The van der Waals surface area contributed by atoms with Crippen LogP contribution in [0.1, 0.15) is 89.5 Å². The van der Waals surface area contributed by atoms with Crippen molar-refractivity contribution in [2.24, 2.45) is 0 Å². The second-order valence-corrected chi connectivity index (χ2v) is 16.1. The lowest BCUT2D eigenvalue weighted by Crippen LogP contribution is -2.45. The van der Waals surface area contributed by atoms with Gasteiger partial charge in [-0.15, -0.1) is 0 Å². The number of aryl methyl sites for hydroxylation is 1. The first-order valence-corrected chi connectivity index (χ1v) is 18.5. The molecule has 3 aliphatic rings. The highest BCUT2D eigenvalue weighted by Crippen LogP contribution is 2.45.